The zero-order valence-electron chi connectivity index (χ0n) is 17.8. The molecule has 4 heterocycles. The molecule has 32 heavy (non-hydrogen) atoms. The summed E-state index contributed by atoms with van der Waals surface area (Å²) in [6.45, 7) is 2.75. The van der Waals surface area contributed by atoms with Gasteiger partial charge in [0.25, 0.3) is 0 Å². The van der Waals surface area contributed by atoms with E-state index in [1.807, 2.05) is 6.92 Å². The van der Waals surface area contributed by atoms with Crippen LogP contribution in [0, 0.1) is 5.82 Å². The van der Waals surface area contributed by atoms with Gasteiger partial charge in [-0.05, 0) is 25.3 Å². The number of hydrogen-bond acceptors (Lipinski definition) is 6. The van der Waals surface area contributed by atoms with Crippen molar-refractivity contribution in [3.63, 3.8) is 0 Å². The van der Waals surface area contributed by atoms with Crippen LogP contribution in [0.1, 0.15) is 39.0 Å². The molecule has 1 aliphatic rings. The Hall–Kier alpha value is -2.30. The van der Waals surface area contributed by atoms with Crippen LogP contribution in [-0.2, 0) is 10.0 Å². The maximum absolute atomic E-state index is 14.5. The number of unbranched alkanes of at least 4 members (excludes halogenated alkanes) is 1. The Morgan fingerprint density at radius 1 is 1.31 bits per heavy atom. The first-order valence-electron chi connectivity index (χ1n) is 10.8. The Morgan fingerprint density at radius 3 is 2.97 bits per heavy atom. The third-order valence-electron chi connectivity index (χ3n) is 5.67. The van der Waals surface area contributed by atoms with E-state index in [4.69, 9.17) is 11.6 Å². The van der Waals surface area contributed by atoms with Crippen molar-refractivity contribution in [2.24, 2.45) is 0 Å². The molecule has 0 radical (unpaired) electrons. The standard InChI is InChI=1S/C21H26ClFN6O2S/c1-2-3-8-32(30,31)29-7-5-4-6-15(29)11-25-21-18(23)13-27-20(28-21)17-12-26-19-16(17)9-14(22)10-24-19/h9-10,12-13,15H,2-8,11H2,1H3,(H,24,26)(H,25,27,28). The summed E-state index contributed by atoms with van der Waals surface area (Å²) >= 11 is 6.07. The highest BCUT2D eigenvalue weighted by Gasteiger charge is 2.31. The topological polar surface area (TPSA) is 104 Å². The maximum Gasteiger partial charge on any atom is 0.214 e. The lowest BCUT2D eigenvalue weighted by molar-refractivity contribution is 0.261. The molecule has 1 aliphatic heterocycles. The van der Waals surface area contributed by atoms with Gasteiger partial charge in [0.15, 0.2) is 17.5 Å². The number of aromatic nitrogens is 4. The molecule has 0 bridgehead atoms. The molecule has 1 unspecified atom stereocenters. The van der Waals surface area contributed by atoms with E-state index in [1.165, 1.54) is 6.20 Å². The molecule has 4 rings (SSSR count). The molecule has 1 atom stereocenters. The second-order valence-corrected chi connectivity index (χ2v) is 10.4. The first-order valence-corrected chi connectivity index (χ1v) is 12.8. The molecular weight excluding hydrogens is 455 g/mol. The van der Waals surface area contributed by atoms with E-state index >= 15 is 0 Å². The maximum atomic E-state index is 14.5. The fourth-order valence-corrected chi connectivity index (χ4v) is 6.07. The van der Waals surface area contributed by atoms with E-state index < -0.39 is 15.8 Å². The van der Waals surface area contributed by atoms with Crippen molar-refractivity contribution in [3.8, 4) is 11.4 Å². The van der Waals surface area contributed by atoms with Crippen LogP contribution < -0.4 is 5.32 Å². The van der Waals surface area contributed by atoms with Gasteiger partial charge in [-0.1, -0.05) is 31.4 Å². The van der Waals surface area contributed by atoms with Crippen molar-refractivity contribution in [2.45, 2.75) is 45.1 Å². The molecule has 0 saturated carbocycles. The van der Waals surface area contributed by atoms with Gasteiger partial charge in [0.05, 0.1) is 17.0 Å². The summed E-state index contributed by atoms with van der Waals surface area (Å²) in [7, 11) is -3.34. The number of rotatable bonds is 8. The second kappa shape index (κ2) is 9.68. The lowest BCUT2D eigenvalue weighted by Crippen LogP contribution is -2.47. The Morgan fingerprint density at radius 2 is 2.16 bits per heavy atom. The van der Waals surface area contributed by atoms with Crippen molar-refractivity contribution in [3.05, 3.63) is 35.5 Å². The van der Waals surface area contributed by atoms with Gasteiger partial charge in [-0.15, -0.1) is 0 Å². The summed E-state index contributed by atoms with van der Waals surface area (Å²) in [5.74, 6) is -0.0968. The van der Waals surface area contributed by atoms with Gasteiger partial charge in [0.2, 0.25) is 10.0 Å². The van der Waals surface area contributed by atoms with Crippen molar-refractivity contribution >= 4 is 38.5 Å². The highest BCUT2D eigenvalue weighted by Crippen LogP contribution is 2.28. The summed E-state index contributed by atoms with van der Waals surface area (Å²) in [6, 6.07) is 1.51. The first kappa shape index (κ1) is 22.9. The number of nitrogens with one attached hydrogen (secondary N) is 2. The van der Waals surface area contributed by atoms with E-state index in [1.54, 1.807) is 16.6 Å². The van der Waals surface area contributed by atoms with Crippen LogP contribution in [0.25, 0.3) is 22.4 Å². The molecule has 8 nitrogen and oxygen atoms in total. The van der Waals surface area contributed by atoms with E-state index in [2.05, 4.69) is 25.3 Å². The number of piperidine rings is 1. The molecule has 3 aromatic heterocycles. The van der Waals surface area contributed by atoms with Crippen LogP contribution in [0.15, 0.2) is 24.7 Å². The minimum Gasteiger partial charge on any atom is -0.366 e. The van der Waals surface area contributed by atoms with E-state index in [-0.39, 0.29) is 24.2 Å². The lowest BCUT2D eigenvalue weighted by atomic mass is 10.1. The van der Waals surface area contributed by atoms with Crippen molar-refractivity contribution in [1.29, 1.82) is 0 Å². The predicted octanol–water partition coefficient (Wildman–Crippen LogP) is 4.21. The van der Waals surface area contributed by atoms with E-state index in [9.17, 15) is 12.8 Å². The summed E-state index contributed by atoms with van der Waals surface area (Å²) in [6.07, 6.45) is 8.30. The van der Waals surface area contributed by atoms with Gasteiger partial charge < -0.3 is 10.3 Å². The molecular formula is C21H26ClFN6O2S. The third-order valence-corrected chi connectivity index (χ3v) is 7.88. The summed E-state index contributed by atoms with van der Waals surface area (Å²) < 4.78 is 41.6. The fraction of sp³-hybridized carbons (Fsp3) is 0.476. The smallest absolute Gasteiger partial charge is 0.214 e. The monoisotopic (exact) mass is 480 g/mol. The van der Waals surface area contributed by atoms with Crippen LogP contribution in [0.5, 0.6) is 0 Å². The number of nitrogens with zero attached hydrogens (tertiary/aromatic N) is 4. The quantitative estimate of drug-likeness (QED) is 0.500. The van der Waals surface area contributed by atoms with Crippen LogP contribution in [-0.4, -0.2) is 57.5 Å². The van der Waals surface area contributed by atoms with Gasteiger partial charge in [-0.3, -0.25) is 0 Å². The number of halogens is 2. The Labute approximate surface area is 191 Å². The molecule has 3 aromatic rings. The molecule has 172 valence electrons. The number of pyridine rings is 1. The Kier molecular flexibility index (Phi) is 6.92. The molecule has 11 heteroatoms. The summed E-state index contributed by atoms with van der Waals surface area (Å²) in [4.78, 5) is 15.7. The number of aromatic amines is 1. The average Bonchev–Trinajstić information content (AvgIpc) is 3.20. The van der Waals surface area contributed by atoms with Crippen LogP contribution in [0.4, 0.5) is 10.2 Å². The molecule has 1 saturated heterocycles. The number of fused-ring (bicyclic) bond motifs is 1. The van der Waals surface area contributed by atoms with Gasteiger partial charge in [0, 0.05) is 42.5 Å². The zero-order chi connectivity index (χ0) is 22.7. The number of sulfonamides is 1. The van der Waals surface area contributed by atoms with Gasteiger partial charge in [-0.2, -0.15) is 4.31 Å². The summed E-state index contributed by atoms with van der Waals surface area (Å²) in [5.41, 5.74) is 1.28. The third kappa shape index (κ3) is 4.87. The highest BCUT2D eigenvalue weighted by molar-refractivity contribution is 7.89. The summed E-state index contributed by atoms with van der Waals surface area (Å²) in [5, 5.41) is 4.22. The van der Waals surface area contributed by atoms with E-state index in [0.717, 1.165) is 37.3 Å². The normalized spacial score (nSPS) is 17.7. The van der Waals surface area contributed by atoms with Crippen LogP contribution >= 0.6 is 11.6 Å². The average molecular weight is 481 g/mol. The van der Waals surface area contributed by atoms with Crippen LogP contribution in [0.3, 0.4) is 0 Å². The molecule has 0 aromatic carbocycles. The minimum atomic E-state index is -3.34. The molecule has 2 N–H and O–H groups in total. The van der Waals surface area contributed by atoms with Crippen molar-refractivity contribution in [1.82, 2.24) is 24.2 Å². The predicted molar refractivity (Wildman–Crippen MR) is 124 cm³/mol. The van der Waals surface area contributed by atoms with Crippen molar-refractivity contribution in [2.75, 3.05) is 24.2 Å². The lowest BCUT2D eigenvalue weighted by Gasteiger charge is -2.35. The molecule has 0 amide bonds. The first-order chi connectivity index (χ1) is 15.4. The molecule has 0 spiro atoms. The SMILES string of the molecule is CCCCS(=O)(=O)N1CCCCC1CNc1nc(-c2c[nH]c3ncc(Cl)cc23)ncc1F. The van der Waals surface area contributed by atoms with Gasteiger partial charge >= 0.3 is 0 Å². The van der Waals surface area contributed by atoms with Gasteiger partial charge in [0.1, 0.15) is 5.65 Å². The van der Waals surface area contributed by atoms with E-state index in [0.29, 0.717) is 35.0 Å². The van der Waals surface area contributed by atoms with Crippen LogP contribution in [0.2, 0.25) is 5.02 Å². The minimum absolute atomic E-state index is 0.0378. The Balaban J connectivity index is 1.55. The molecule has 0 aliphatic carbocycles. The zero-order valence-corrected chi connectivity index (χ0v) is 19.4. The van der Waals surface area contributed by atoms with Gasteiger partial charge in [-0.25, -0.2) is 27.8 Å². The second-order valence-electron chi connectivity index (χ2n) is 7.95. The largest absolute Gasteiger partial charge is 0.366 e. The number of anilines is 1. The Bertz CT molecular complexity index is 1200. The number of hydrogen-bond donors (Lipinski definition) is 2. The van der Waals surface area contributed by atoms with Crippen molar-refractivity contribution < 1.29 is 12.8 Å². The highest BCUT2D eigenvalue weighted by atomic mass is 35.5. The number of H-pyrrole nitrogens is 1. The molecule has 1 fully saturated rings. The fourth-order valence-electron chi connectivity index (χ4n) is 3.99.